The molecule has 0 unspecified atom stereocenters. The van der Waals surface area contributed by atoms with Crippen LogP contribution in [0.25, 0.3) is 0 Å². The third kappa shape index (κ3) is 5.35. The highest BCUT2D eigenvalue weighted by Gasteiger charge is 2.13. The van der Waals surface area contributed by atoms with E-state index in [1.807, 2.05) is 6.07 Å². The molecule has 1 rings (SSSR count). The van der Waals surface area contributed by atoms with E-state index in [1.165, 1.54) is 0 Å². The maximum absolute atomic E-state index is 6.05. The number of hydrogen-bond donors (Lipinski definition) is 1. The van der Waals surface area contributed by atoms with Crippen LogP contribution in [0.1, 0.15) is 26.3 Å². The van der Waals surface area contributed by atoms with Crippen molar-refractivity contribution < 1.29 is 4.74 Å². The largest absolute Gasteiger partial charge is 0.495 e. The summed E-state index contributed by atoms with van der Waals surface area (Å²) in [4.78, 5) is 0. The molecule has 0 saturated carbocycles. The van der Waals surface area contributed by atoms with E-state index in [2.05, 4.69) is 26.1 Å². The lowest BCUT2D eigenvalue weighted by atomic mass is 10.1. The summed E-state index contributed by atoms with van der Waals surface area (Å²) in [7, 11) is 1.61. The first kappa shape index (κ1) is 16.9. The van der Waals surface area contributed by atoms with Gasteiger partial charge in [-0.1, -0.05) is 23.2 Å². The van der Waals surface area contributed by atoms with Crippen molar-refractivity contribution in [1.82, 2.24) is 5.32 Å². The Bertz CT molecular complexity index is 375. The average molecular weight is 299 g/mol. The minimum absolute atomic E-state index is 0. The summed E-state index contributed by atoms with van der Waals surface area (Å²) in [5.41, 5.74) is 1.01. The average Bonchev–Trinajstić information content (AvgIpc) is 2.12. The number of halogens is 3. The third-order valence-electron chi connectivity index (χ3n) is 2.10. The molecule has 1 N–H and O–H groups in total. The molecule has 0 aromatic heterocycles. The van der Waals surface area contributed by atoms with Crippen LogP contribution >= 0.6 is 35.6 Å². The first-order valence-electron chi connectivity index (χ1n) is 5.10. The Morgan fingerprint density at radius 1 is 1.24 bits per heavy atom. The van der Waals surface area contributed by atoms with Crippen LogP contribution in [0, 0.1) is 0 Å². The van der Waals surface area contributed by atoms with Crippen LogP contribution in [0.15, 0.2) is 12.1 Å². The van der Waals surface area contributed by atoms with Gasteiger partial charge in [0.15, 0.2) is 0 Å². The fourth-order valence-electron chi connectivity index (χ4n) is 1.33. The van der Waals surface area contributed by atoms with E-state index >= 15 is 0 Å². The Labute approximate surface area is 119 Å². The molecule has 0 spiro atoms. The van der Waals surface area contributed by atoms with Crippen molar-refractivity contribution in [3.05, 3.63) is 27.7 Å². The molecule has 0 saturated heterocycles. The molecule has 0 atom stereocenters. The number of benzene rings is 1. The topological polar surface area (TPSA) is 21.3 Å². The standard InChI is InChI=1S/C12H17Cl2NO.ClH/c1-12(2,3)15-7-8-5-9(13)6-10(14)11(8)16-4;/h5-6,15H,7H2,1-4H3;1H. The Balaban J connectivity index is 0.00000256. The van der Waals surface area contributed by atoms with Crippen molar-refractivity contribution in [2.45, 2.75) is 32.9 Å². The normalized spacial score (nSPS) is 10.9. The molecule has 17 heavy (non-hydrogen) atoms. The van der Waals surface area contributed by atoms with Crippen molar-refractivity contribution in [3.8, 4) is 5.75 Å². The molecule has 0 aliphatic heterocycles. The predicted molar refractivity (Wildman–Crippen MR) is 76.9 cm³/mol. The highest BCUT2D eigenvalue weighted by molar-refractivity contribution is 6.35. The van der Waals surface area contributed by atoms with Crippen molar-refractivity contribution >= 4 is 35.6 Å². The van der Waals surface area contributed by atoms with E-state index in [-0.39, 0.29) is 17.9 Å². The van der Waals surface area contributed by atoms with Crippen LogP contribution in [0.4, 0.5) is 0 Å². The number of rotatable bonds is 3. The third-order valence-corrected chi connectivity index (χ3v) is 2.60. The zero-order valence-electron chi connectivity index (χ0n) is 10.4. The number of ether oxygens (including phenoxy) is 1. The van der Waals surface area contributed by atoms with Crippen LogP contribution in [-0.2, 0) is 6.54 Å². The minimum atomic E-state index is 0. The van der Waals surface area contributed by atoms with Gasteiger partial charge in [-0.05, 0) is 32.9 Å². The zero-order valence-corrected chi connectivity index (χ0v) is 12.8. The quantitative estimate of drug-likeness (QED) is 0.897. The molecular weight excluding hydrogens is 280 g/mol. The summed E-state index contributed by atoms with van der Waals surface area (Å²) in [6, 6.07) is 3.55. The number of hydrogen-bond acceptors (Lipinski definition) is 2. The van der Waals surface area contributed by atoms with Crippen molar-refractivity contribution in [1.29, 1.82) is 0 Å². The summed E-state index contributed by atoms with van der Waals surface area (Å²) < 4.78 is 5.27. The highest BCUT2D eigenvalue weighted by Crippen LogP contribution is 2.32. The molecule has 0 aliphatic carbocycles. The highest BCUT2D eigenvalue weighted by atomic mass is 35.5. The van der Waals surface area contributed by atoms with Gasteiger partial charge in [0, 0.05) is 22.7 Å². The molecule has 0 aliphatic rings. The van der Waals surface area contributed by atoms with Crippen molar-refractivity contribution in [2.24, 2.45) is 0 Å². The van der Waals surface area contributed by atoms with E-state index in [0.29, 0.717) is 22.3 Å². The lowest BCUT2D eigenvalue weighted by molar-refractivity contribution is 0.392. The van der Waals surface area contributed by atoms with E-state index in [0.717, 1.165) is 5.56 Å². The van der Waals surface area contributed by atoms with Gasteiger partial charge in [-0.2, -0.15) is 0 Å². The Hall–Kier alpha value is -0.150. The molecule has 0 amide bonds. The van der Waals surface area contributed by atoms with Crippen LogP contribution in [-0.4, -0.2) is 12.6 Å². The summed E-state index contributed by atoms with van der Waals surface area (Å²) in [6.45, 7) is 6.98. The molecule has 0 heterocycles. The first-order chi connectivity index (χ1) is 7.33. The van der Waals surface area contributed by atoms with Gasteiger partial charge in [-0.15, -0.1) is 12.4 Å². The molecular formula is C12H18Cl3NO. The van der Waals surface area contributed by atoms with Crippen LogP contribution in [0.5, 0.6) is 5.75 Å². The van der Waals surface area contributed by atoms with Gasteiger partial charge in [0.25, 0.3) is 0 Å². The Morgan fingerprint density at radius 3 is 2.29 bits per heavy atom. The molecule has 1 aromatic rings. The second-order valence-corrected chi connectivity index (χ2v) is 5.53. The molecule has 0 radical (unpaired) electrons. The van der Waals surface area contributed by atoms with Gasteiger partial charge in [0.05, 0.1) is 12.1 Å². The van der Waals surface area contributed by atoms with Crippen LogP contribution in [0.2, 0.25) is 10.0 Å². The zero-order chi connectivity index (χ0) is 12.3. The van der Waals surface area contributed by atoms with Gasteiger partial charge < -0.3 is 10.1 Å². The van der Waals surface area contributed by atoms with E-state index in [9.17, 15) is 0 Å². The lowest BCUT2D eigenvalue weighted by Crippen LogP contribution is -2.35. The van der Waals surface area contributed by atoms with Crippen molar-refractivity contribution in [2.75, 3.05) is 7.11 Å². The van der Waals surface area contributed by atoms with Gasteiger partial charge in [0.2, 0.25) is 0 Å². The van der Waals surface area contributed by atoms with Gasteiger partial charge in [-0.25, -0.2) is 0 Å². The monoisotopic (exact) mass is 297 g/mol. The van der Waals surface area contributed by atoms with E-state index < -0.39 is 0 Å². The second kappa shape index (κ2) is 6.69. The van der Waals surface area contributed by atoms with Crippen LogP contribution in [0.3, 0.4) is 0 Å². The smallest absolute Gasteiger partial charge is 0.142 e. The lowest BCUT2D eigenvalue weighted by Gasteiger charge is -2.21. The van der Waals surface area contributed by atoms with E-state index in [1.54, 1.807) is 13.2 Å². The Kier molecular flexibility index (Phi) is 6.64. The maximum atomic E-state index is 6.05. The maximum Gasteiger partial charge on any atom is 0.142 e. The fraction of sp³-hybridized carbons (Fsp3) is 0.500. The molecule has 5 heteroatoms. The minimum Gasteiger partial charge on any atom is -0.495 e. The van der Waals surface area contributed by atoms with E-state index in [4.69, 9.17) is 27.9 Å². The molecule has 2 nitrogen and oxygen atoms in total. The van der Waals surface area contributed by atoms with Crippen LogP contribution < -0.4 is 10.1 Å². The fourth-order valence-corrected chi connectivity index (χ4v) is 1.95. The number of methoxy groups -OCH3 is 1. The summed E-state index contributed by atoms with van der Waals surface area (Å²) in [5.74, 6) is 0.683. The van der Waals surface area contributed by atoms with Gasteiger partial charge >= 0.3 is 0 Å². The Morgan fingerprint density at radius 2 is 1.82 bits per heavy atom. The number of nitrogens with one attached hydrogen (secondary N) is 1. The SMILES string of the molecule is COc1c(Cl)cc(Cl)cc1CNC(C)(C)C.Cl. The first-order valence-corrected chi connectivity index (χ1v) is 5.86. The molecule has 1 aromatic carbocycles. The molecule has 0 bridgehead atoms. The van der Waals surface area contributed by atoms with Gasteiger partial charge in [-0.3, -0.25) is 0 Å². The molecule has 98 valence electrons. The summed E-state index contributed by atoms with van der Waals surface area (Å²) in [5, 5.41) is 4.53. The summed E-state index contributed by atoms with van der Waals surface area (Å²) >= 11 is 12.0. The van der Waals surface area contributed by atoms with Crippen molar-refractivity contribution in [3.63, 3.8) is 0 Å². The predicted octanol–water partition coefficient (Wildman–Crippen LogP) is 4.31. The second-order valence-electron chi connectivity index (χ2n) is 4.68. The molecule has 0 fully saturated rings. The summed E-state index contributed by atoms with van der Waals surface area (Å²) in [6.07, 6.45) is 0. The van der Waals surface area contributed by atoms with Gasteiger partial charge in [0.1, 0.15) is 5.75 Å².